The van der Waals surface area contributed by atoms with E-state index in [1.807, 2.05) is 6.07 Å². The summed E-state index contributed by atoms with van der Waals surface area (Å²) < 4.78 is 29.3. The van der Waals surface area contributed by atoms with E-state index in [0.717, 1.165) is 29.3 Å². The summed E-state index contributed by atoms with van der Waals surface area (Å²) in [6.45, 7) is 0. The van der Waals surface area contributed by atoms with Gasteiger partial charge in [-0.25, -0.2) is 13.8 Å². The molecular formula is C24H22ClF2N3O. The Balaban J connectivity index is 1.25. The molecule has 0 bridgehead atoms. The van der Waals surface area contributed by atoms with Crippen molar-refractivity contribution in [3.8, 4) is 0 Å². The third-order valence-corrected chi connectivity index (χ3v) is 6.99. The lowest BCUT2D eigenvalue weighted by Crippen LogP contribution is -2.28. The first-order valence-electron chi connectivity index (χ1n) is 10.5. The Labute approximate surface area is 184 Å². The summed E-state index contributed by atoms with van der Waals surface area (Å²) in [6.07, 6.45) is 5.55. The fourth-order valence-corrected chi connectivity index (χ4v) is 5.68. The molecule has 0 radical (unpaired) electrons. The number of aromatic nitrogens is 2. The highest BCUT2D eigenvalue weighted by Gasteiger charge is 2.51. The Kier molecular flexibility index (Phi) is 5.13. The van der Waals surface area contributed by atoms with Crippen LogP contribution in [0.4, 0.5) is 14.5 Å². The molecule has 7 heteroatoms. The average Bonchev–Trinajstić information content (AvgIpc) is 3.23. The molecule has 31 heavy (non-hydrogen) atoms. The molecule has 2 aliphatic rings. The number of benzene rings is 1. The molecule has 0 saturated heterocycles. The first-order valence-corrected chi connectivity index (χ1v) is 10.9. The molecule has 1 aromatic carbocycles. The Hall–Kier alpha value is -2.60. The Morgan fingerprint density at radius 2 is 1.90 bits per heavy atom. The number of carbonyl (C=O) groups excluding carboxylic acids is 1. The molecule has 5 rings (SSSR count). The van der Waals surface area contributed by atoms with Crippen molar-refractivity contribution in [2.75, 3.05) is 5.32 Å². The van der Waals surface area contributed by atoms with Gasteiger partial charge in [-0.2, -0.15) is 0 Å². The van der Waals surface area contributed by atoms with E-state index in [9.17, 15) is 9.18 Å². The quantitative estimate of drug-likeness (QED) is 0.500. The highest BCUT2D eigenvalue weighted by Crippen LogP contribution is 2.56. The highest BCUT2D eigenvalue weighted by molar-refractivity contribution is 6.29. The standard InChI is InChI=1S/C24H22ClF2N3O/c25-22-4-2-18(13-29-22)30-23(31)12-24(27)10-15-7-14(8-16(15)11-24)19-5-6-28-21-3-1-17(26)9-20(19)21/h1-6,9,13-16H,7-8,10-12H2,(H,30,31)/t14-,15-,16+,24?. The molecule has 2 fully saturated rings. The Morgan fingerprint density at radius 1 is 1.13 bits per heavy atom. The summed E-state index contributed by atoms with van der Waals surface area (Å²) in [4.78, 5) is 20.6. The van der Waals surface area contributed by atoms with Gasteiger partial charge in [-0.3, -0.25) is 9.78 Å². The van der Waals surface area contributed by atoms with E-state index in [1.54, 1.807) is 30.5 Å². The van der Waals surface area contributed by atoms with Crippen LogP contribution < -0.4 is 5.32 Å². The monoisotopic (exact) mass is 441 g/mol. The number of fused-ring (bicyclic) bond motifs is 2. The molecule has 0 aliphatic heterocycles. The number of nitrogens with zero attached hydrogens (tertiary/aromatic N) is 2. The van der Waals surface area contributed by atoms with Crippen molar-refractivity contribution in [2.24, 2.45) is 11.8 Å². The summed E-state index contributed by atoms with van der Waals surface area (Å²) in [5.74, 6) is 0.109. The lowest BCUT2D eigenvalue weighted by molar-refractivity contribution is -0.118. The van der Waals surface area contributed by atoms with E-state index in [2.05, 4.69) is 15.3 Å². The molecular weight excluding hydrogens is 420 g/mol. The second-order valence-electron chi connectivity index (χ2n) is 8.90. The minimum Gasteiger partial charge on any atom is -0.325 e. The maximum absolute atomic E-state index is 15.5. The molecule has 2 saturated carbocycles. The topological polar surface area (TPSA) is 54.9 Å². The van der Waals surface area contributed by atoms with Crippen LogP contribution in [0.25, 0.3) is 10.9 Å². The number of rotatable bonds is 4. The van der Waals surface area contributed by atoms with Gasteiger partial charge in [0.1, 0.15) is 16.6 Å². The van der Waals surface area contributed by atoms with Crippen molar-refractivity contribution < 1.29 is 13.6 Å². The van der Waals surface area contributed by atoms with Gasteiger partial charge < -0.3 is 5.32 Å². The van der Waals surface area contributed by atoms with Crippen LogP contribution >= 0.6 is 11.6 Å². The fraction of sp³-hybridized carbons (Fsp3) is 0.375. The van der Waals surface area contributed by atoms with Crippen molar-refractivity contribution >= 4 is 34.1 Å². The zero-order valence-electron chi connectivity index (χ0n) is 16.8. The van der Waals surface area contributed by atoms with Gasteiger partial charge in [0.15, 0.2) is 0 Å². The summed E-state index contributed by atoms with van der Waals surface area (Å²) in [5, 5.41) is 3.88. The fourth-order valence-electron chi connectivity index (χ4n) is 5.57. The smallest absolute Gasteiger partial charge is 0.227 e. The zero-order valence-corrected chi connectivity index (χ0v) is 17.6. The number of anilines is 1. The zero-order chi connectivity index (χ0) is 21.6. The first-order chi connectivity index (χ1) is 14.9. The summed E-state index contributed by atoms with van der Waals surface area (Å²) >= 11 is 5.75. The third kappa shape index (κ3) is 4.13. The van der Waals surface area contributed by atoms with E-state index in [4.69, 9.17) is 11.6 Å². The van der Waals surface area contributed by atoms with Crippen molar-refractivity contribution in [3.05, 3.63) is 65.3 Å². The normalized spacial score (nSPS) is 27.4. The van der Waals surface area contributed by atoms with E-state index in [0.29, 0.717) is 23.7 Å². The van der Waals surface area contributed by atoms with Gasteiger partial charge >= 0.3 is 0 Å². The maximum atomic E-state index is 15.5. The van der Waals surface area contributed by atoms with Crippen LogP contribution in [0, 0.1) is 17.7 Å². The first kappa shape index (κ1) is 20.3. The minimum absolute atomic E-state index is 0.156. The predicted molar refractivity (Wildman–Crippen MR) is 116 cm³/mol. The molecule has 1 amide bonds. The minimum atomic E-state index is -1.49. The van der Waals surface area contributed by atoms with Crippen LogP contribution in [-0.4, -0.2) is 21.5 Å². The number of hydrogen-bond acceptors (Lipinski definition) is 3. The van der Waals surface area contributed by atoms with E-state index < -0.39 is 5.67 Å². The molecule has 1 N–H and O–H groups in total. The van der Waals surface area contributed by atoms with Crippen molar-refractivity contribution in [1.29, 1.82) is 0 Å². The summed E-state index contributed by atoms with van der Waals surface area (Å²) in [6, 6.07) is 9.85. The van der Waals surface area contributed by atoms with E-state index in [-0.39, 0.29) is 35.9 Å². The molecule has 4 atom stereocenters. The molecule has 3 aromatic rings. The van der Waals surface area contributed by atoms with Gasteiger partial charge in [0.05, 0.1) is 23.8 Å². The lowest BCUT2D eigenvalue weighted by atomic mass is 9.88. The van der Waals surface area contributed by atoms with Crippen LogP contribution in [0.3, 0.4) is 0 Å². The second kappa shape index (κ2) is 7.83. The largest absolute Gasteiger partial charge is 0.325 e. The number of nitrogens with one attached hydrogen (secondary N) is 1. The van der Waals surface area contributed by atoms with Gasteiger partial charge in [0, 0.05) is 11.6 Å². The number of pyridine rings is 2. The molecule has 160 valence electrons. The molecule has 2 aliphatic carbocycles. The van der Waals surface area contributed by atoms with Crippen LogP contribution in [0.5, 0.6) is 0 Å². The third-order valence-electron chi connectivity index (χ3n) is 6.76. The average molecular weight is 442 g/mol. The van der Waals surface area contributed by atoms with Crippen LogP contribution in [0.2, 0.25) is 5.15 Å². The SMILES string of the molecule is O=C(CC1(F)C[C@H]2C[C@@H](c3ccnc4ccc(F)cc34)C[C@H]2C1)Nc1ccc(Cl)nc1. The number of carbonyl (C=O) groups is 1. The molecule has 0 spiro atoms. The van der Waals surface area contributed by atoms with Crippen LogP contribution in [0.15, 0.2) is 48.8 Å². The molecule has 2 aromatic heterocycles. The van der Waals surface area contributed by atoms with Gasteiger partial charge in [0.2, 0.25) is 5.91 Å². The Bertz CT molecular complexity index is 1120. The highest BCUT2D eigenvalue weighted by atomic mass is 35.5. The number of hydrogen-bond donors (Lipinski definition) is 1. The molecule has 2 heterocycles. The van der Waals surface area contributed by atoms with Crippen molar-refractivity contribution in [1.82, 2.24) is 9.97 Å². The van der Waals surface area contributed by atoms with E-state index >= 15 is 4.39 Å². The van der Waals surface area contributed by atoms with Gasteiger partial charge in [-0.05, 0) is 85.4 Å². The number of halogens is 3. The summed E-state index contributed by atoms with van der Waals surface area (Å²) in [5.41, 5.74) is 0.893. The van der Waals surface area contributed by atoms with Crippen LogP contribution in [-0.2, 0) is 4.79 Å². The number of amides is 1. The summed E-state index contributed by atoms with van der Waals surface area (Å²) in [7, 11) is 0. The second-order valence-corrected chi connectivity index (χ2v) is 9.29. The maximum Gasteiger partial charge on any atom is 0.227 e. The van der Waals surface area contributed by atoms with Crippen molar-refractivity contribution in [2.45, 2.75) is 43.7 Å². The van der Waals surface area contributed by atoms with Gasteiger partial charge in [0.25, 0.3) is 0 Å². The molecule has 1 unspecified atom stereocenters. The Morgan fingerprint density at radius 3 is 2.61 bits per heavy atom. The van der Waals surface area contributed by atoms with Crippen LogP contribution in [0.1, 0.15) is 43.6 Å². The molecule has 4 nitrogen and oxygen atoms in total. The van der Waals surface area contributed by atoms with Gasteiger partial charge in [-0.15, -0.1) is 0 Å². The number of alkyl halides is 1. The predicted octanol–water partition coefficient (Wildman–Crippen LogP) is 6.06. The van der Waals surface area contributed by atoms with Gasteiger partial charge in [-0.1, -0.05) is 11.6 Å². The van der Waals surface area contributed by atoms with E-state index in [1.165, 1.54) is 12.3 Å². The van der Waals surface area contributed by atoms with Crippen molar-refractivity contribution in [3.63, 3.8) is 0 Å². The lowest BCUT2D eigenvalue weighted by Gasteiger charge is -2.22.